The fourth-order valence-electron chi connectivity index (χ4n) is 1.26. The summed E-state index contributed by atoms with van der Waals surface area (Å²) in [5, 5.41) is 3.97. The van der Waals surface area contributed by atoms with Crippen LogP contribution < -0.4 is 5.73 Å². The van der Waals surface area contributed by atoms with Gasteiger partial charge in [-0.25, -0.2) is 0 Å². The van der Waals surface area contributed by atoms with E-state index >= 15 is 0 Å². The van der Waals surface area contributed by atoms with Crippen molar-refractivity contribution in [1.82, 2.24) is 14.7 Å². The number of aryl methyl sites for hydroxylation is 1. The molecule has 1 heterocycles. The predicted octanol–water partition coefficient (Wildman–Crippen LogP) is 0.0643. The number of rotatable bonds is 4. The van der Waals surface area contributed by atoms with Crippen LogP contribution >= 0.6 is 0 Å². The molecule has 5 heteroatoms. The Hall–Kier alpha value is -1.62. The van der Waals surface area contributed by atoms with Crippen LogP contribution in [0.1, 0.15) is 11.6 Å². The van der Waals surface area contributed by atoms with E-state index in [0.717, 1.165) is 5.56 Å². The van der Waals surface area contributed by atoms with Gasteiger partial charge in [-0.3, -0.25) is 9.48 Å². The number of likely N-dealkylation sites (N-methyl/N-ethyl adjacent to an activating group) is 1. The lowest BCUT2D eigenvalue weighted by Gasteiger charge is -2.18. The first-order valence-electron chi connectivity index (χ1n) is 4.66. The van der Waals surface area contributed by atoms with Crippen LogP contribution in [0.5, 0.6) is 0 Å². The molecule has 0 aliphatic heterocycles. The SMILES string of the molecule is C=CCN(C)C(=O)C(N)c1cnn(C)c1. The van der Waals surface area contributed by atoms with Crippen molar-refractivity contribution >= 4 is 5.91 Å². The van der Waals surface area contributed by atoms with Gasteiger partial charge in [-0.2, -0.15) is 5.10 Å². The molecule has 0 saturated heterocycles. The monoisotopic (exact) mass is 208 g/mol. The van der Waals surface area contributed by atoms with Gasteiger partial charge in [0.15, 0.2) is 0 Å². The molecule has 5 nitrogen and oxygen atoms in total. The van der Waals surface area contributed by atoms with Gasteiger partial charge in [0.2, 0.25) is 5.91 Å². The Bertz CT molecular complexity index is 358. The first-order chi connectivity index (χ1) is 7.06. The highest BCUT2D eigenvalue weighted by atomic mass is 16.2. The number of hydrogen-bond donors (Lipinski definition) is 1. The maximum Gasteiger partial charge on any atom is 0.244 e. The summed E-state index contributed by atoms with van der Waals surface area (Å²) in [5.41, 5.74) is 6.52. The van der Waals surface area contributed by atoms with Gasteiger partial charge in [0.25, 0.3) is 0 Å². The van der Waals surface area contributed by atoms with Crippen molar-refractivity contribution < 1.29 is 4.79 Å². The van der Waals surface area contributed by atoms with Gasteiger partial charge < -0.3 is 10.6 Å². The Labute approximate surface area is 89.2 Å². The highest BCUT2D eigenvalue weighted by molar-refractivity contribution is 5.82. The molecule has 0 aromatic carbocycles. The summed E-state index contributed by atoms with van der Waals surface area (Å²) in [7, 11) is 3.48. The van der Waals surface area contributed by atoms with E-state index in [2.05, 4.69) is 11.7 Å². The number of nitrogens with two attached hydrogens (primary N) is 1. The minimum atomic E-state index is -0.649. The minimum absolute atomic E-state index is 0.136. The Kier molecular flexibility index (Phi) is 3.62. The zero-order valence-electron chi connectivity index (χ0n) is 9.05. The Morgan fingerprint density at radius 2 is 2.53 bits per heavy atom. The Balaban J connectivity index is 2.72. The van der Waals surface area contributed by atoms with E-state index in [1.165, 1.54) is 4.90 Å². The average Bonchev–Trinajstić information content (AvgIpc) is 2.63. The smallest absolute Gasteiger partial charge is 0.244 e. The molecule has 15 heavy (non-hydrogen) atoms. The molecule has 82 valence electrons. The molecule has 1 aromatic heterocycles. The van der Waals surface area contributed by atoms with Crippen LogP contribution in [0.25, 0.3) is 0 Å². The fourth-order valence-corrected chi connectivity index (χ4v) is 1.26. The van der Waals surface area contributed by atoms with Gasteiger partial charge in [0.05, 0.1) is 6.20 Å². The molecule has 0 bridgehead atoms. The molecule has 1 aromatic rings. The van der Waals surface area contributed by atoms with Crippen molar-refractivity contribution in [3.8, 4) is 0 Å². The molecule has 1 rings (SSSR count). The third-order valence-electron chi connectivity index (χ3n) is 2.13. The topological polar surface area (TPSA) is 64.2 Å². The molecule has 0 aliphatic carbocycles. The molecule has 0 aliphatic rings. The van der Waals surface area contributed by atoms with Crippen LogP contribution in [0.3, 0.4) is 0 Å². The molecule has 1 amide bonds. The van der Waals surface area contributed by atoms with Crippen LogP contribution in [-0.2, 0) is 11.8 Å². The highest BCUT2D eigenvalue weighted by Gasteiger charge is 2.20. The summed E-state index contributed by atoms with van der Waals surface area (Å²) in [6.07, 6.45) is 5.00. The lowest BCUT2D eigenvalue weighted by atomic mass is 10.1. The standard InChI is InChI=1S/C10H16N4O/c1-4-5-13(2)10(15)9(11)8-6-12-14(3)7-8/h4,6-7,9H,1,5,11H2,2-3H3. The first-order valence-corrected chi connectivity index (χ1v) is 4.66. The van der Waals surface area contributed by atoms with Gasteiger partial charge >= 0.3 is 0 Å². The number of amides is 1. The summed E-state index contributed by atoms with van der Waals surface area (Å²) >= 11 is 0. The normalized spacial score (nSPS) is 12.2. The molecule has 1 unspecified atom stereocenters. The molecule has 0 spiro atoms. The molecule has 2 N–H and O–H groups in total. The predicted molar refractivity (Wildman–Crippen MR) is 58.0 cm³/mol. The first kappa shape index (κ1) is 11.5. The van der Waals surface area contributed by atoms with E-state index in [-0.39, 0.29) is 5.91 Å². The lowest BCUT2D eigenvalue weighted by molar-refractivity contribution is -0.130. The van der Waals surface area contributed by atoms with Gasteiger partial charge in [0.1, 0.15) is 6.04 Å². The van der Waals surface area contributed by atoms with Gasteiger partial charge in [-0.1, -0.05) is 6.08 Å². The quantitative estimate of drug-likeness (QED) is 0.712. The van der Waals surface area contributed by atoms with Crippen LogP contribution in [0.15, 0.2) is 25.0 Å². The van der Waals surface area contributed by atoms with E-state index < -0.39 is 6.04 Å². The van der Waals surface area contributed by atoms with E-state index in [1.807, 2.05) is 0 Å². The third kappa shape index (κ3) is 2.66. The molecule has 0 fully saturated rings. The number of aromatic nitrogens is 2. The van der Waals surface area contributed by atoms with Crippen molar-refractivity contribution in [1.29, 1.82) is 0 Å². The van der Waals surface area contributed by atoms with Crippen LogP contribution in [0.2, 0.25) is 0 Å². The Morgan fingerprint density at radius 3 is 3.00 bits per heavy atom. The van der Waals surface area contributed by atoms with Crippen molar-refractivity contribution in [3.05, 3.63) is 30.6 Å². The second-order valence-corrected chi connectivity index (χ2v) is 3.43. The molecular formula is C10H16N4O. The maximum atomic E-state index is 11.8. The van der Waals surface area contributed by atoms with Crippen molar-refractivity contribution in [2.24, 2.45) is 12.8 Å². The van der Waals surface area contributed by atoms with Crippen molar-refractivity contribution in [3.63, 3.8) is 0 Å². The zero-order chi connectivity index (χ0) is 11.4. The van der Waals surface area contributed by atoms with E-state index in [4.69, 9.17) is 5.73 Å². The largest absolute Gasteiger partial charge is 0.340 e. The number of hydrogen-bond acceptors (Lipinski definition) is 3. The minimum Gasteiger partial charge on any atom is -0.340 e. The maximum absolute atomic E-state index is 11.8. The van der Waals surface area contributed by atoms with Crippen LogP contribution in [0, 0.1) is 0 Å². The van der Waals surface area contributed by atoms with Crippen LogP contribution in [0.4, 0.5) is 0 Å². The number of carbonyl (C=O) groups excluding carboxylic acids is 1. The lowest BCUT2D eigenvalue weighted by Crippen LogP contribution is -2.35. The van der Waals surface area contributed by atoms with Gasteiger partial charge in [-0.15, -0.1) is 6.58 Å². The van der Waals surface area contributed by atoms with Gasteiger partial charge in [-0.05, 0) is 0 Å². The van der Waals surface area contributed by atoms with E-state index in [0.29, 0.717) is 6.54 Å². The molecule has 0 saturated carbocycles. The summed E-state index contributed by atoms with van der Waals surface area (Å²) in [4.78, 5) is 13.3. The summed E-state index contributed by atoms with van der Waals surface area (Å²) in [6, 6.07) is -0.649. The van der Waals surface area contributed by atoms with Crippen molar-refractivity contribution in [2.75, 3.05) is 13.6 Å². The highest BCUT2D eigenvalue weighted by Crippen LogP contribution is 2.10. The summed E-state index contributed by atoms with van der Waals surface area (Å²) in [5.74, 6) is -0.136. The van der Waals surface area contributed by atoms with Crippen molar-refractivity contribution in [2.45, 2.75) is 6.04 Å². The number of carbonyl (C=O) groups is 1. The zero-order valence-corrected chi connectivity index (χ0v) is 9.05. The number of nitrogens with zero attached hydrogens (tertiary/aromatic N) is 3. The average molecular weight is 208 g/mol. The van der Waals surface area contributed by atoms with E-state index in [1.54, 1.807) is 37.2 Å². The molecular weight excluding hydrogens is 192 g/mol. The molecule has 0 radical (unpaired) electrons. The second kappa shape index (κ2) is 4.75. The fraction of sp³-hybridized carbons (Fsp3) is 0.400. The molecule has 1 atom stereocenters. The van der Waals surface area contributed by atoms with Crippen LogP contribution in [-0.4, -0.2) is 34.2 Å². The van der Waals surface area contributed by atoms with Gasteiger partial charge in [0, 0.05) is 32.4 Å². The van der Waals surface area contributed by atoms with E-state index in [9.17, 15) is 4.79 Å². The summed E-state index contributed by atoms with van der Waals surface area (Å²) < 4.78 is 1.62. The third-order valence-corrected chi connectivity index (χ3v) is 2.13. The second-order valence-electron chi connectivity index (χ2n) is 3.43. The Morgan fingerprint density at radius 1 is 1.87 bits per heavy atom. The summed E-state index contributed by atoms with van der Waals surface area (Å²) in [6.45, 7) is 4.06.